The molecule has 2 heterocycles. The van der Waals surface area contributed by atoms with Crippen molar-refractivity contribution in [3.63, 3.8) is 0 Å². The SMILES string of the molecule is Cn1cncc1C(O)(c1ccc(Cl)cc1)c1ccc2nc(Cl)c(-c3ccccc3Cl)c(Cl)c2c1. The number of halogens is 4. The number of hydrogen-bond acceptors (Lipinski definition) is 3. The fourth-order valence-corrected chi connectivity index (χ4v) is 5.21. The molecular weight excluding hydrogens is 512 g/mol. The van der Waals surface area contributed by atoms with E-state index in [9.17, 15) is 5.11 Å². The summed E-state index contributed by atoms with van der Waals surface area (Å²) in [7, 11) is 1.83. The number of aryl methyl sites for hydroxylation is 1. The number of benzene rings is 3. The highest BCUT2D eigenvalue weighted by Crippen LogP contribution is 2.43. The summed E-state index contributed by atoms with van der Waals surface area (Å²) in [6.07, 6.45) is 3.27. The number of aromatic nitrogens is 3. The Morgan fingerprint density at radius 1 is 0.882 bits per heavy atom. The number of rotatable bonds is 4. The zero-order valence-electron chi connectivity index (χ0n) is 17.8. The van der Waals surface area contributed by atoms with Crippen molar-refractivity contribution in [1.82, 2.24) is 14.5 Å². The molecule has 0 saturated carbocycles. The lowest BCUT2D eigenvalue weighted by Crippen LogP contribution is -2.31. The van der Waals surface area contributed by atoms with Gasteiger partial charge in [-0.15, -0.1) is 0 Å². The topological polar surface area (TPSA) is 50.9 Å². The number of imidazole rings is 1. The van der Waals surface area contributed by atoms with Crippen molar-refractivity contribution in [3.05, 3.63) is 116 Å². The smallest absolute Gasteiger partial charge is 0.156 e. The van der Waals surface area contributed by atoms with Gasteiger partial charge in [0.1, 0.15) is 5.15 Å². The molecule has 1 unspecified atom stereocenters. The Bertz CT molecular complexity index is 1530. The van der Waals surface area contributed by atoms with Crippen LogP contribution in [-0.4, -0.2) is 19.6 Å². The van der Waals surface area contributed by atoms with E-state index in [0.717, 1.165) is 0 Å². The fraction of sp³-hybridized carbons (Fsp3) is 0.0769. The summed E-state index contributed by atoms with van der Waals surface area (Å²) in [5.41, 5.74) is 2.08. The normalized spacial score (nSPS) is 13.2. The Morgan fingerprint density at radius 3 is 2.26 bits per heavy atom. The molecule has 0 radical (unpaired) electrons. The average molecular weight is 529 g/mol. The van der Waals surface area contributed by atoms with Crippen LogP contribution in [0.3, 0.4) is 0 Å². The first-order chi connectivity index (χ1) is 16.3. The van der Waals surface area contributed by atoms with Gasteiger partial charge in [0.2, 0.25) is 0 Å². The number of nitrogens with zero attached hydrogens (tertiary/aromatic N) is 3. The van der Waals surface area contributed by atoms with Gasteiger partial charge in [0.15, 0.2) is 5.60 Å². The highest BCUT2D eigenvalue weighted by atomic mass is 35.5. The summed E-state index contributed by atoms with van der Waals surface area (Å²) >= 11 is 26.0. The van der Waals surface area contributed by atoms with E-state index in [1.54, 1.807) is 59.6 Å². The standard InChI is InChI=1S/C26H17Cl4N3O/c1-33-14-31-13-22(33)26(34,15-6-9-17(27)10-7-15)16-8-11-21-19(12-16)24(29)23(25(30)32-21)18-4-2-3-5-20(18)28/h2-14,34H,1H3. The summed E-state index contributed by atoms with van der Waals surface area (Å²) in [4.78, 5) is 8.77. The number of fused-ring (bicyclic) bond motifs is 1. The second kappa shape index (κ2) is 8.88. The minimum absolute atomic E-state index is 0.248. The molecule has 5 rings (SSSR count). The van der Waals surface area contributed by atoms with Crippen LogP contribution in [0.1, 0.15) is 16.8 Å². The first-order valence-corrected chi connectivity index (χ1v) is 11.8. The summed E-state index contributed by atoms with van der Waals surface area (Å²) in [6.45, 7) is 0. The van der Waals surface area contributed by atoms with Crippen LogP contribution < -0.4 is 0 Å². The van der Waals surface area contributed by atoms with Crippen LogP contribution >= 0.6 is 46.4 Å². The maximum atomic E-state index is 12.2. The van der Waals surface area contributed by atoms with Gasteiger partial charge in [-0.05, 0) is 41.5 Å². The van der Waals surface area contributed by atoms with Gasteiger partial charge in [0, 0.05) is 33.6 Å². The van der Waals surface area contributed by atoms with Crippen molar-refractivity contribution in [2.75, 3.05) is 0 Å². The number of hydrogen-bond donors (Lipinski definition) is 1. The Kier molecular flexibility index (Phi) is 6.05. The molecule has 0 aliphatic heterocycles. The summed E-state index contributed by atoms with van der Waals surface area (Å²) in [6, 6.07) is 19.8. The first-order valence-electron chi connectivity index (χ1n) is 10.3. The van der Waals surface area contributed by atoms with Gasteiger partial charge in [0.25, 0.3) is 0 Å². The van der Waals surface area contributed by atoms with E-state index >= 15 is 0 Å². The molecule has 0 amide bonds. The van der Waals surface area contributed by atoms with Crippen LogP contribution in [0, 0.1) is 0 Å². The van der Waals surface area contributed by atoms with E-state index in [4.69, 9.17) is 46.4 Å². The minimum atomic E-state index is -1.53. The van der Waals surface area contributed by atoms with E-state index in [1.807, 2.05) is 31.3 Å². The Labute approximate surface area is 216 Å². The highest BCUT2D eigenvalue weighted by molar-refractivity contribution is 6.43. The number of aliphatic hydroxyl groups is 1. The molecule has 2 aromatic heterocycles. The second-order valence-electron chi connectivity index (χ2n) is 7.91. The molecule has 0 bridgehead atoms. The van der Waals surface area contributed by atoms with Crippen molar-refractivity contribution in [2.24, 2.45) is 7.05 Å². The Hall–Kier alpha value is -2.60. The lowest BCUT2D eigenvalue weighted by Gasteiger charge is -2.30. The van der Waals surface area contributed by atoms with Crippen molar-refractivity contribution < 1.29 is 5.11 Å². The van der Waals surface area contributed by atoms with Crippen molar-refractivity contribution in [3.8, 4) is 11.1 Å². The third-order valence-corrected chi connectivity index (χ3v) is 7.14. The van der Waals surface area contributed by atoms with Crippen LogP contribution in [0.2, 0.25) is 20.2 Å². The molecule has 170 valence electrons. The zero-order chi connectivity index (χ0) is 24.0. The average Bonchev–Trinajstić information content (AvgIpc) is 3.26. The fourth-order valence-electron chi connectivity index (χ4n) is 4.17. The molecule has 0 fully saturated rings. The highest BCUT2D eigenvalue weighted by Gasteiger charge is 2.37. The zero-order valence-corrected chi connectivity index (χ0v) is 20.8. The molecule has 0 saturated heterocycles. The monoisotopic (exact) mass is 527 g/mol. The quantitative estimate of drug-likeness (QED) is 0.245. The molecule has 0 spiro atoms. The molecule has 1 N–H and O–H groups in total. The van der Waals surface area contributed by atoms with Gasteiger partial charge in [-0.25, -0.2) is 9.97 Å². The van der Waals surface area contributed by atoms with E-state index < -0.39 is 5.60 Å². The molecule has 8 heteroatoms. The predicted octanol–water partition coefficient (Wildman–Crippen LogP) is 7.53. The van der Waals surface area contributed by atoms with Gasteiger partial charge >= 0.3 is 0 Å². The second-order valence-corrected chi connectivity index (χ2v) is 9.49. The van der Waals surface area contributed by atoms with E-state index in [2.05, 4.69) is 9.97 Å². The molecule has 0 aliphatic carbocycles. The van der Waals surface area contributed by atoms with Crippen LogP contribution in [0.15, 0.2) is 79.3 Å². The van der Waals surface area contributed by atoms with Crippen LogP contribution in [0.4, 0.5) is 0 Å². The lowest BCUT2D eigenvalue weighted by atomic mass is 9.83. The molecule has 0 aliphatic rings. The van der Waals surface area contributed by atoms with Crippen molar-refractivity contribution in [2.45, 2.75) is 5.60 Å². The van der Waals surface area contributed by atoms with Gasteiger partial charge in [-0.2, -0.15) is 0 Å². The first kappa shape index (κ1) is 23.2. The minimum Gasteiger partial charge on any atom is -0.374 e. The Morgan fingerprint density at radius 2 is 1.59 bits per heavy atom. The largest absolute Gasteiger partial charge is 0.374 e. The van der Waals surface area contributed by atoms with Crippen LogP contribution in [0.5, 0.6) is 0 Å². The molecule has 5 aromatic rings. The Balaban J connectivity index is 1.79. The lowest BCUT2D eigenvalue weighted by molar-refractivity contribution is 0.117. The summed E-state index contributed by atoms with van der Waals surface area (Å²) in [5.74, 6) is 0. The van der Waals surface area contributed by atoms with Gasteiger partial charge in [-0.1, -0.05) is 82.8 Å². The molecular formula is C26H17Cl4N3O. The maximum absolute atomic E-state index is 12.2. The van der Waals surface area contributed by atoms with E-state index in [0.29, 0.717) is 53.9 Å². The molecule has 4 nitrogen and oxygen atoms in total. The van der Waals surface area contributed by atoms with Crippen LogP contribution in [-0.2, 0) is 12.6 Å². The third kappa shape index (κ3) is 3.76. The van der Waals surface area contributed by atoms with Gasteiger partial charge < -0.3 is 9.67 Å². The van der Waals surface area contributed by atoms with Crippen molar-refractivity contribution in [1.29, 1.82) is 0 Å². The van der Waals surface area contributed by atoms with E-state index in [1.165, 1.54) is 0 Å². The number of pyridine rings is 1. The summed E-state index contributed by atoms with van der Waals surface area (Å²) < 4.78 is 1.77. The van der Waals surface area contributed by atoms with Gasteiger partial charge in [-0.3, -0.25) is 0 Å². The molecule has 3 aromatic carbocycles. The van der Waals surface area contributed by atoms with Crippen LogP contribution in [0.25, 0.3) is 22.0 Å². The molecule has 34 heavy (non-hydrogen) atoms. The summed E-state index contributed by atoms with van der Waals surface area (Å²) in [5, 5.41) is 14.6. The third-order valence-electron chi connectivity index (χ3n) is 5.89. The predicted molar refractivity (Wildman–Crippen MR) is 139 cm³/mol. The van der Waals surface area contributed by atoms with Crippen molar-refractivity contribution >= 4 is 57.3 Å². The maximum Gasteiger partial charge on any atom is 0.156 e. The molecule has 1 atom stereocenters. The van der Waals surface area contributed by atoms with E-state index in [-0.39, 0.29) is 5.15 Å². The van der Waals surface area contributed by atoms with Gasteiger partial charge in [0.05, 0.1) is 28.8 Å².